The summed E-state index contributed by atoms with van der Waals surface area (Å²) in [6, 6.07) is 21.1. The molecule has 140 valence electrons. The van der Waals surface area contributed by atoms with E-state index in [1.165, 1.54) is 11.1 Å². The molecule has 28 heavy (non-hydrogen) atoms. The number of rotatable bonds is 5. The van der Waals surface area contributed by atoms with E-state index in [2.05, 4.69) is 34.3 Å². The Morgan fingerprint density at radius 3 is 2.61 bits per heavy atom. The van der Waals surface area contributed by atoms with Crippen molar-refractivity contribution in [2.45, 2.75) is 19.8 Å². The number of halogens is 1. The first kappa shape index (κ1) is 18.3. The lowest BCUT2D eigenvalue weighted by Crippen LogP contribution is -2.12. The van der Waals surface area contributed by atoms with Crippen LogP contribution in [0, 0.1) is 6.92 Å². The third-order valence-electron chi connectivity index (χ3n) is 4.67. The van der Waals surface area contributed by atoms with E-state index in [-0.39, 0.29) is 5.91 Å². The van der Waals surface area contributed by atoms with E-state index < -0.39 is 0 Å². The minimum atomic E-state index is -0.212. The summed E-state index contributed by atoms with van der Waals surface area (Å²) in [5.41, 5.74) is 5.69. The van der Waals surface area contributed by atoms with Crippen molar-refractivity contribution >= 4 is 34.2 Å². The highest BCUT2D eigenvalue weighted by atomic mass is 35.5. The molecular formula is C23H20ClN3O. The molecule has 0 aliphatic rings. The number of nitrogens with zero attached hydrogens (tertiary/aromatic N) is 1. The molecule has 0 radical (unpaired) electrons. The Morgan fingerprint density at radius 2 is 1.82 bits per heavy atom. The van der Waals surface area contributed by atoms with E-state index in [4.69, 9.17) is 11.6 Å². The van der Waals surface area contributed by atoms with E-state index in [1.807, 2.05) is 30.3 Å². The van der Waals surface area contributed by atoms with Gasteiger partial charge in [0.25, 0.3) is 5.91 Å². The van der Waals surface area contributed by atoms with Gasteiger partial charge in [-0.1, -0.05) is 41.9 Å². The van der Waals surface area contributed by atoms with Crippen LogP contribution in [0.3, 0.4) is 0 Å². The second kappa shape index (κ2) is 7.87. The highest BCUT2D eigenvalue weighted by molar-refractivity contribution is 6.34. The van der Waals surface area contributed by atoms with Gasteiger partial charge in [0.1, 0.15) is 5.82 Å². The number of hydrogen-bond donors (Lipinski definition) is 2. The minimum Gasteiger partial charge on any atom is -0.342 e. The van der Waals surface area contributed by atoms with E-state index in [0.29, 0.717) is 10.6 Å². The molecular weight excluding hydrogens is 370 g/mol. The Bertz CT molecular complexity index is 1130. The zero-order valence-electron chi connectivity index (χ0n) is 15.5. The van der Waals surface area contributed by atoms with Gasteiger partial charge >= 0.3 is 0 Å². The first-order valence-electron chi connectivity index (χ1n) is 9.18. The fraction of sp³-hybridized carbons (Fsp3) is 0.130. The number of amides is 1. The van der Waals surface area contributed by atoms with Crippen molar-refractivity contribution in [2.75, 3.05) is 5.32 Å². The van der Waals surface area contributed by atoms with Gasteiger partial charge in [-0.15, -0.1) is 0 Å². The lowest BCUT2D eigenvalue weighted by molar-refractivity contribution is 0.102. The van der Waals surface area contributed by atoms with Gasteiger partial charge < -0.3 is 10.3 Å². The van der Waals surface area contributed by atoms with Crippen LogP contribution in [-0.2, 0) is 12.8 Å². The fourth-order valence-electron chi connectivity index (χ4n) is 3.16. The van der Waals surface area contributed by atoms with Crippen LogP contribution in [0.2, 0.25) is 5.02 Å². The molecule has 0 bridgehead atoms. The summed E-state index contributed by atoms with van der Waals surface area (Å²) < 4.78 is 0. The number of aryl methyl sites for hydroxylation is 3. The molecule has 5 heteroatoms. The molecule has 2 N–H and O–H groups in total. The van der Waals surface area contributed by atoms with Crippen molar-refractivity contribution in [3.05, 3.63) is 94.3 Å². The maximum absolute atomic E-state index is 12.3. The zero-order chi connectivity index (χ0) is 19.5. The molecule has 0 spiro atoms. The molecule has 1 amide bonds. The molecule has 0 unspecified atom stereocenters. The van der Waals surface area contributed by atoms with Crippen LogP contribution < -0.4 is 5.32 Å². The van der Waals surface area contributed by atoms with Crippen LogP contribution >= 0.6 is 11.6 Å². The van der Waals surface area contributed by atoms with Gasteiger partial charge in [0.15, 0.2) is 0 Å². The quantitative estimate of drug-likeness (QED) is 0.469. The van der Waals surface area contributed by atoms with Gasteiger partial charge in [-0.25, -0.2) is 4.98 Å². The predicted molar refractivity (Wildman–Crippen MR) is 114 cm³/mol. The van der Waals surface area contributed by atoms with E-state index >= 15 is 0 Å². The minimum absolute atomic E-state index is 0.212. The lowest BCUT2D eigenvalue weighted by atomic mass is 10.1. The number of fused-ring (bicyclic) bond motifs is 1. The third kappa shape index (κ3) is 4.07. The fourth-order valence-corrected chi connectivity index (χ4v) is 3.38. The number of nitrogens with one attached hydrogen (secondary N) is 2. The highest BCUT2D eigenvalue weighted by Gasteiger charge is 2.10. The van der Waals surface area contributed by atoms with Gasteiger partial charge in [-0.05, 0) is 60.9 Å². The maximum Gasteiger partial charge on any atom is 0.257 e. The number of H-pyrrole nitrogens is 1. The topological polar surface area (TPSA) is 57.8 Å². The maximum atomic E-state index is 12.3. The van der Waals surface area contributed by atoms with Crippen LogP contribution in [0.25, 0.3) is 11.0 Å². The number of aromatic amines is 1. The van der Waals surface area contributed by atoms with E-state index in [0.717, 1.165) is 35.4 Å². The lowest BCUT2D eigenvalue weighted by Gasteiger charge is -2.07. The van der Waals surface area contributed by atoms with Crippen LogP contribution in [0.1, 0.15) is 27.3 Å². The number of hydrogen-bond acceptors (Lipinski definition) is 2. The zero-order valence-corrected chi connectivity index (χ0v) is 16.3. The van der Waals surface area contributed by atoms with Crippen molar-refractivity contribution < 1.29 is 4.79 Å². The van der Waals surface area contributed by atoms with Crippen LogP contribution in [-0.4, -0.2) is 15.9 Å². The summed E-state index contributed by atoms with van der Waals surface area (Å²) in [7, 11) is 0. The van der Waals surface area contributed by atoms with Crippen molar-refractivity contribution in [3.63, 3.8) is 0 Å². The Balaban J connectivity index is 1.39. The summed E-state index contributed by atoms with van der Waals surface area (Å²) in [4.78, 5) is 20.4. The summed E-state index contributed by atoms with van der Waals surface area (Å²) in [6.45, 7) is 2.08. The monoisotopic (exact) mass is 389 g/mol. The number of carbonyl (C=O) groups is 1. The molecule has 3 aromatic carbocycles. The molecule has 0 fully saturated rings. The van der Waals surface area contributed by atoms with Gasteiger partial charge in [0.05, 0.1) is 21.6 Å². The number of aromatic nitrogens is 2. The van der Waals surface area contributed by atoms with Gasteiger partial charge in [-0.2, -0.15) is 0 Å². The predicted octanol–water partition coefficient (Wildman–Crippen LogP) is 5.56. The largest absolute Gasteiger partial charge is 0.342 e. The third-order valence-corrected chi connectivity index (χ3v) is 5.00. The average molecular weight is 390 g/mol. The summed E-state index contributed by atoms with van der Waals surface area (Å²) in [5.74, 6) is 0.771. The molecule has 0 saturated heterocycles. The Labute approximate surface area is 168 Å². The van der Waals surface area contributed by atoms with Gasteiger partial charge in [0, 0.05) is 12.1 Å². The number of anilines is 1. The summed E-state index contributed by atoms with van der Waals surface area (Å²) >= 11 is 6.08. The normalized spacial score (nSPS) is 10.9. The second-order valence-corrected chi connectivity index (χ2v) is 7.24. The molecule has 1 aromatic heterocycles. The first-order valence-corrected chi connectivity index (χ1v) is 9.56. The van der Waals surface area contributed by atoms with Crippen molar-refractivity contribution in [1.29, 1.82) is 0 Å². The molecule has 1 heterocycles. The van der Waals surface area contributed by atoms with Crippen LogP contribution in [0.5, 0.6) is 0 Å². The molecule has 4 rings (SSSR count). The molecule has 4 aromatic rings. The first-order chi connectivity index (χ1) is 13.6. The molecule has 0 aliphatic heterocycles. The molecule has 4 nitrogen and oxygen atoms in total. The summed E-state index contributed by atoms with van der Waals surface area (Å²) in [5, 5.41) is 3.32. The van der Waals surface area contributed by atoms with Crippen molar-refractivity contribution in [2.24, 2.45) is 0 Å². The Morgan fingerprint density at radius 1 is 1.04 bits per heavy atom. The van der Waals surface area contributed by atoms with Crippen LogP contribution in [0.15, 0.2) is 66.7 Å². The van der Waals surface area contributed by atoms with Gasteiger partial charge in [0.2, 0.25) is 0 Å². The van der Waals surface area contributed by atoms with Crippen LogP contribution in [0.4, 0.5) is 5.69 Å². The number of carbonyl (C=O) groups excluding carboxylic acids is 1. The Hall–Kier alpha value is -3.11. The van der Waals surface area contributed by atoms with Crippen molar-refractivity contribution in [3.8, 4) is 0 Å². The SMILES string of the molecule is Cc1ccc2nc(CCc3ccc(NC(=O)c4ccccc4Cl)cc3)[nH]c2c1. The van der Waals surface area contributed by atoms with Crippen molar-refractivity contribution in [1.82, 2.24) is 9.97 Å². The molecule has 0 atom stereocenters. The Kier molecular flexibility index (Phi) is 5.13. The second-order valence-electron chi connectivity index (χ2n) is 6.83. The number of benzene rings is 3. The van der Waals surface area contributed by atoms with E-state index in [1.54, 1.807) is 24.3 Å². The van der Waals surface area contributed by atoms with E-state index in [9.17, 15) is 4.79 Å². The average Bonchev–Trinajstić information content (AvgIpc) is 3.09. The van der Waals surface area contributed by atoms with Gasteiger partial charge in [-0.3, -0.25) is 4.79 Å². The molecule has 0 aliphatic carbocycles. The summed E-state index contributed by atoms with van der Waals surface area (Å²) in [6.07, 6.45) is 1.70. The smallest absolute Gasteiger partial charge is 0.257 e. The number of imidazole rings is 1. The molecule has 0 saturated carbocycles. The standard InChI is InChI=1S/C23H20ClN3O/c1-15-6-12-20-21(14-15)27-22(26-20)13-9-16-7-10-17(11-8-16)25-23(28)18-4-2-3-5-19(18)24/h2-8,10-12,14H,9,13H2,1H3,(H,25,28)(H,26,27). The highest BCUT2D eigenvalue weighted by Crippen LogP contribution is 2.18.